The average Bonchev–Trinajstić information content (AvgIpc) is 2.82. The number of aliphatic imine (C=N–C) groups is 1. The zero-order valence-corrected chi connectivity index (χ0v) is 8.41. The van der Waals surface area contributed by atoms with Gasteiger partial charge in [-0.25, -0.2) is 0 Å². The highest BCUT2D eigenvalue weighted by molar-refractivity contribution is 5.98. The summed E-state index contributed by atoms with van der Waals surface area (Å²) in [6.45, 7) is 0.602. The number of aromatic nitrogens is 3. The maximum Gasteiger partial charge on any atom is 0.297 e. The molecule has 1 aromatic heterocycles. The van der Waals surface area contributed by atoms with E-state index >= 15 is 0 Å². The van der Waals surface area contributed by atoms with Crippen LogP contribution in [0.1, 0.15) is 18.2 Å². The molecule has 1 unspecified atom stereocenters. The number of ether oxygens (including phenoxy) is 1. The Bertz CT molecular complexity index is 427. The van der Waals surface area contributed by atoms with Crippen LogP contribution in [0.25, 0.3) is 0 Å². The first-order valence-corrected chi connectivity index (χ1v) is 4.76. The summed E-state index contributed by atoms with van der Waals surface area (Å²) < 4.78 is 6.51. The number of hydrogen-bond acceptors (Lipinski definition) is 6. The van der Waals surface area contributed by atoms with Crippen LogP contribution >= 0.6 is 0 Å². The molecule has 1 aliphatic rings. The second kappa shape index (κ2) is 4.27. The summed E-state index contributed by atoms with van der Waals surface area (Å²) in [6, 6.07) is -0.153. The monoisotopic (exact) mass is 225 g/mol. The molecular formula is C8H11N5O3. The highest BCUT2D eigenvalue weighted by atomic mass is 16.5. The Hall–Kier alpha value is -1.96. The molecule has 0 bridgehead atoms. The van der Waals surface area contributed by atoms with Crippen LogP contribution in [0, 0.1) is 0 Å². The van der Waals surface area contributed by atoms with E-state index in [0.717, 1.165) is 0 Å². The van der Waals surface area contributed by atoms with Crippen LogP contribution in [0.3, 0.4) is 0 Å². The zero-order chi connectivity index (χ0) is 11.5. The van der Waals surface area contributed by atoms with E-state index in [9.17, 15) is 4.79 Å². The molecule has 2 heterocycles. The summed E-state index contributed by atoms with van der Waals surface area (Å²) in [7, 11) is 0. The van der Waals surface area contributed by atoms with Crippen molar-refractivity contribution < 1.29 is 14.6 Å². The fourth-order valence-electron chi connectivity index (χ4n) is 1.33. The van der Waals surface area contributed by atoms with Crippen LogP contribution in [0.5, 0.6) is 0 Å². The Kier molecular flexibility index (Phi) is 2.82. The Morgan fingerprint density at radius 3 is 3.06 bits per heavy atom. The van der Waals surface area contributed by atoms with E-state index in [-0.39, 0.29) is 12.6 Å². The Morgan fingerprint density at radius 2 is 2.44 bits per heavy atom. The van der Waals surface area contributed by atoms with Crippen LogP contribution in [0.4, 0.5) is 0 Å². The molecule has 0 fully saturated rings. The molecule has 1 aliphatic heterocycles. The smallest absolute Gasteiger partial charge is 0.297 e. The predicted molar refractivity (Wildman–Crippen MR) is 52.2 cm³/mol. The number of amidine groups is 1. The second-order valence-electron chi connectivity index (χ2n) is 3.27. The van der Waals surface area contributed by atoms with Crippen LogP contribution in [-0.4, -0.2) is 38.6 Å². The molecule has 0 saturated heterocycles. The molecule has 0 saturated carbocycles. The summed E-state index contributed by atoms with van der Waals surface area (Å²) in [5, 5.41) is 16.2. The molecule has 2 rings (SSSR count). The third-order valence-electron chi connectivity index (χ3n) is 2.05. The standard InChI is InChI=1S/C8H11N5O3/c9-8-10-7(15)6(16-8)5-4-13(12-11-5)2-1-3-14/h4,6,14H,1-3H2,(H2,9,10,15). The van der Waals surface area contributed by atoms with Crippen LogP contribution in [0.2, 0.25) is 0 Å². The van der Waals surface area contributed by atoms with E-state index in [2.05, 4.69) is 15.3 Å². The minimum Gasteiger partial charge on any atom is -0.445 e. The molecule has 8 heteroatoms. The van der Waals surface area contributed by atoms with Gasteiger partial charge in [0, 0.05) is 13.2 Å². The first-order valence-electron chi connectivity index (χ1n) is 4.76. The van der Waals surface area contributed by atoms with Crippen LogP contribution < -0.4 is 5.73 Å². The van der Waals surface area contributed by atoms with E-state index < -0.39 is 12.0 Å². The number of nitrogens with zero attached hydrogens (tertiary/aromatic N) is 4. The Morgan fingerprint density at radius 1 is 1.62 bits per heavy atom. The van der Waals surface area contributed by atoms with Gasteiger partial charge in [0.25, 0.3) is 11.9 Å². The first kappa shape index (κ1) is 10.6. The van der Waals surface area contributed by atoms with Gasteiger partial charge in [0.15, 0.2) is 0 Å². The van der Waals surface area contributed by atoms with Crippen molar-refractivity contribution in [3.63, 3.8) is 0 Å². The van der Waals surface area contributed by atoms with Gasteiger partial charge in [-0.15, -0.1) is 5.10 Å². The minimum atomic E-state index is -0.886. The number of carbonyl (C=O) groups is 1. The summed E-state index contributed by atoms with van der Waals surface area (Å²) in [5.41, 5.74) is 5.63. The van der Waals surface area contributed by atoms with Gasteiger partial charge in [0.2, 0.25) is 6.10 Å². The molecule has 86 valence electrons. The zero-order valence-electron chi connectivity index (χ0n) is 8.41. The van der Waals surface area contributed by atoms with Gasteiger partial charge in [-0.2, -0.15) is 4.99 Å². The number of amides is 1. The van der Waals surface area contributed by atoms with Gasteiger partial charge in [-0.05, 0) is 6.42 Å². The number of rotatable bonds is 4. The van der Waals surface area contributed by atoms with E-state index in [1.807, 2.05) is 0 Å². The number of aryl methyl sites for hydroxylation is 1. The van der Waals surface area contributed by atoms with Crippen LogP contribution in [0.15, 0.2) is 11.2 Å². The fraction of sp³-hybridized carbons (Fsp3) is 0.500. The molecule has 0 aromatic carbocycles. The third-order valence-corrected chi connectivity index (χ3v) is 2.05. The SMILES string of the molecule is NC1=NC(=O)C(c2cn(CCCO)nn2)O1. The molecule has 1 aromatic rings. The van der Waals surface area contributed by atoms with Gasteiger partial charge in [-0.1, -0.05) is 5.21 Å². The quantitative estimate of drug-likeness (QED) is 0.649. The predicted octanol–water partition coefficient (Wildman–Crippen LogP) is -1.43. The molecular weight excluding hydrogens is 214 g/mol. The lowest BCUT2D eigenvalue weighted by molar-refractivity contribution is -0.123. The molecule has 1 atom stereocenters. The summed E-state index contributed by atoms with van der Waals surface area (Å²) >= 11 is 0. The molecule has 16 heavy (non-hydrogen) atoms. The fourth-order valence-corrected chi connectivity index (χ4v) is 1.33. The molecule has 0 spiro atoms. The van der Waals surface area contributed by atoms with Crippen molar-refractivity contribution in [3.8, 4) is 0 Å². The third kappa shape index (κ3) is 2.01. The normalized spacial score (nSPS) is 19.7. The van der Waals surface area contributed by atoms with E-state index in [0.29, 0.717) is 18.7 Å². The average molecular weight is 225 g/mol. The lowest BCUT2D eigenvalue weighted by Crippen LogP contribution is -2.14. The van der Waals surface area contributed by atoms with Gasteiger partial charge in [-0.3, -0.25) is 9.48 Å². The number of aliphatic hydroxyl groups is 1. The maximum atomic E-state index is 11.3. The van der Waals surface area contributed by atoms with Crippen molar-refractivity contribution in [1.29, 1.82) is 0 Å². The Balaban J connectivity index is 2.05. The van der Waals surface area contributed by atoms with Crippen molar-refractivity contribution >= 4 is 11.9 Å². The van der Waals surface area contributed by atoms with Gasteiger partial charge in [0.1, 0.15) is 5.69 Å². The van der Waals surface area contributed by atoms with Crippen molar-refractivity contribution in [1.82, 2.24) is 15.0 Å². The van der Waals surface area contributed by atoms with Crippen LogP contribution in [-0.2, 0) is 16.1 Å². The topological polar surface area (TPSA) is 116 Å². The number of nitrogens with two attached hydrogens (primary N) is 1. The highest BCUT2D eigenvalue weighted by Gasteiger charge is 2.31. The van der Waals surface area contributed by atoms with Crippen molar-refractivity contribution in [2.45, 2.75) is 19.1 Å². The summed E-state index contributed by atoms with van der Waals surface area (Å²) in [5.74, 6) is -0.480. The lowest BCUT2D eigenvalue weighted by atomic mass is 10.3. The van der Waals surface area contributed by atoms with Crippen molar-refractivity contribution in [2.75, 3.05) is 6.61 Å². The number of aliphatic hydroxyl groups excluding tert-OH is 1. The first-order chi connectivity index (χ1) is 7.70. The van der Waals surface area contributed by atoms with Gasteiger partial charge >= 0.3 is 0 Å². The van der Waals surface area contributed by atoms with E-state index in [4.69, 9.17) is 15.6 Å². The lowest BCUT2D eigenvalue weighted by Gasteiger charge is -2.02. The molecule has 0 aliphatic carbocycles. The largest absolute Gasteiger partial charge is 0.445 e. The minimum absolute atomic E-state index is 0.0735. The van der Waals surface area contributed by atoms with E-state index in [1.165, 1.54) is 4.68 Å². The second-order valence-corrected chi connectivity index (χ2v) is 3.27. The Labute approximate surface area is 90.7 Å². The molecule has 0 radical (unpaired) electrons. The van der Waals surface area contributed by atoms with Gasteiger partial charge in [0.05, 0.1) is 6.20 Å². The molecule has 8 nitrogen and oxygen atoms in total. The van der Waals surface area contributed by atoms with Crippen molar-refractivity contribution in [3.05, 3.63) is 11.9 Å². The van der Waals surface area contributed by atoms with Gasteiger partial charge < -0.3 is 15.6 Å². The van der Waals surface area contributed by atoms with E-state index in [1.54, 1.807) is 6.20 Å². The molecule has 1 amide bonds. The highest BCUT2D eigenvalue weighted by Crippen LogP contribution is 2.20. The summed E-state index contributed by atoms with van der Waals surface area (Å²) in [4.78, 5) is 14.7. The number of hydrogen-bond donors (Lipinski definition) is 2. The van der Waals surface area contributed by atoms with Crippen molar-refractivity contribution in [2.24, 2.45) is 10.7 Å². The summed E-state index contributed by atoms with van der Waals surface area (Å²) in [6.07, 6.45) is 1.26. The molecule has 3 N–H and O–H groups in total. The maximum absolute atomic E-state index is 11.3. The number of carbonyl (C=O) groups excluding carboxylic acids is 1.